The topological polar surface area (TPSA) is 121 Å². The number of nitriles is 1. The van der Waals surface area contributed by atoms with Crippen LogP contribution in [0.5, 0.6) is 11.5 Å². The van der Waals surface area contributed by atoms with Crippen molar-refractivity contribution in [2.45, 2.75) is 44.6 Å². The van der Waals surface area contributed by atoms with E-state index in [1.54, 1.807) is 30.3 Å². The molecule has 0 atom stereocenters. The number of carbonyl (C=O) groups is 1. The summed E-state index contributed by atoms with van der Waals surface area (Å²) in [6, 6.07) is 18.7. The Kier molecular flexibility index (Phi) is 11.3. The Morgan fingerprint density at radius 2 is 1.60 bits per heavy atom. The third-order valence-corrected chi connectivity index (χ3v) is 5.97. The minimum atomic E-state index is -3.55. The first-order chi connectivity index (χ1) is 19.3. The highest BCUT2D eigenvalue weighted by Crippen LogP contribution is 2.32. The molecular weight excluding hydrogens is 516 g/mol. The summed E-state index contributed by atoms with van der Waals surface area (Å²) in [4.78, 5) is 12.0. The van der Waals surface area contributed by atoms with Crippen molar-refractivity contribution >= 4 is 23.4 Å². The van der Waals surface area contributed by atoms with Gasteiger partial charge in [0.15, 0.2) is 0 Å². The Bertz CT molecular complexity index is 1300. The van der Waals surface area contributed by atoms with Gasteiger partial charge in [0.05, 0.1) is 24.8 Å². The van der Waals surface area contributed by atoms with Crippen LogP contribution < -0.4 is 20.9 Å². The Labute approximate surface area is 233 Å². The second-order valence-electron chi connectivity index (χ2n) is 9.09. The monoisotopic (exact) mass is 549 g/mol. The number of halogens is 2. The maximum Gasteiger partial charge on any atom is 0.426 e. The van der Waals surface area contributed by atoms with E-state index in [0.29, 0.717) is 42.1 Å². The second kappa shape index (κ2) is 15.1. The molecule has 7 nitrogen and oxygen atoms in total. The summed E-state index contributed by atoms with van der Waals surface area (Å²) in [6.45, 7) is 0.631. The van der Waals surface area contributed by atoms with Gasteiger partial charge in [-0.05, 0) is 78.6 Å². The molecule has 3 rings (SSSR count). The minimum Gasteiger partial charge on any atom is -0.494 e. The Balaban J connectivity index is 1.43. The summed E-state index contributed by atoms with van der Waals surface area (Å²) < 4.78 is 45.1. The fraction of sp³-hybridized carbons (Fsp3) is 0.290. The van der Waals surface area contributed by atoms with Gasteiger partial charge >= 0.3 is 12.1 Å². The van der Waals surface area contributed by atoms with Gasteiger partial charge in [0, 0.05) is 30.3 Å². The number of hydrogen-bond acceptors (Lipinski definition) is 7. The minimum absolute atomic E-state index is 0.0254. The molecule has 0 aromatic heterocycles. The first kappa shape index (κ1) is 30.0. The SMILES string of the molecule is N#CCCCCCCOc1ccc(C(F)(F)Oc2ccc(/C=C/C(=O)OCCc3ccc(N)cc3N)cc2)cc1. The van der Waals surface area contributed by atoms with Crippen LogP contribution in [-0.2, 0) is 22.1 Å². The van der Waals surface area contributed by atoms with E-state index in [1.807, 2.05) is 0 Å². The Hall–Kier alpha value is -4.58. The molecule has 0 aliphatic carbocycles. The van der Waals surface area contributed by atoms with Gasteiger partial charge in [0.2, 0.25) is 0 Å². The zero-order chi connectivity index (χ0) is 28.8. The van der Waals surface area contributed by atoms with Crippen LogP contribution in [0.3, 0.4) is 0 Å². The first-order valence-corrected chi connectivity index (χ1v) is 13.0. The van der Waals surface area contributed by atoms with Crippen LogP contribution in [0.2, 0.25) is 0 Å². The number of nitrogens with zero attached hydrogens (tertiary/aromatic N) is 1. The summed E-state index contributed by atoms with van der Waals surface area (Å²) in [5, 5.41) is 8.53. The molecule has 4 N–H and O–H groups in total. The molecule has 0 saturated carbocycles. The van der Waals surface area contributed by atoms with Crippen molar-refractivity contribution in [3.63, 3.8) is 0 Å². The van der Waals surface area contributed by atoms with Crippen LogP contribution in [0, 0.1) is 11.3 Å². The van der Waals surface area contributed by atoms with Gasteiger partial charge < -0.3 is 25.7 Å². The zero-order valence-corrected chi connectivity index (χ0v) is 22.2. The lowest BCUT2D eigenvalue weighted by Gasteiger charge is -2.18. The standard InChI is InChI=1S/C31H33F2N3O4/c32-31(33,25-10-15-27(16-11-25)38-20-5-3-1-2-4-19-34)40-28-13-6-23(7-14-28)8-17-30(37)39-21-18-24-9-12-26(35)22-29(24)36/h6-17,22H,1-5,18,20-21,35-36H2/b17-8+. The fourth-order valence-electron chi connectivity index (χ4n) is 3.76. The summed E-state index contributed by atoms with van der Waals surface area (Å²) in [5.74, 6) is -0.0629. The number of nitrogen functional groups attached to an aromatic ring is 2. The average Bonchev–Trinajstić information content (AvgIpc) is 2.93. The maximum atomic E-state index is 14.7. The summed E-state index contributed by atoms with van der Waals surface area (Å²) in [5.41, 5.74) is 13.8. The highest BCUT2D eigenvalue weighted by atomic mass is 19.3. The molecule has 3 aromatic rings. The van der Waals surface area contributed by atoms with Gasteiger partial charge in [-0.15, -0.1) is 0 Å². The Morgan fingerprint density at radius 3 is 2.30 bits per heavy atom. The number of nitrogens with two attached hydrogens (primary N) is 2. The van der Waals surface area contributed by atoms with Gasteiger partial charge in [-0.25, -0.2) is 4.79 Å². The van der Waals surface area contributed by atoms with Gasteiger partial charge in [0.1, 0.15) is 11.5 Å². The molecule has 0 fully saturated rings. The average molecular weight is 550 g/mol. The van der Waals surface area contributed by atoms with Crippen molar-refractivity contribution in [3.05, 3.63) is 89.5 Å². The highest BCUT2D eigenvalue weighted by molar-refractivity contribution is 5.87. The lowest BCUT2D eigenvalue weighted by atomic mass is 10.1. The number of unbranched alkanes of at least 4 members (excludes halogenated alkanes) is 4. The molecule has 3 aromatic carbocycles. The van der Waals surface area contributed by atoms with Crippen molar-refractivity contribution in [1.29, 1.82) is 5.26 Å². The lowest BCUT2D eigenvalue weighted by Crippen LogP contribution is -2.21. The molecule has 0 radical (unpaired) electrons. The lowest BCUT2D eigenvalue weighted by molar-refractivity contribution is -0.185. The summed E-state index contributed by atoms with van der Waals surface area (Å²) in [7, 11) is 0. The number of rotatable bonds is 15. The highest BCUT2D eigenvalue weighted by Gasteiger charge is 2.34. The number of alkyl halides is 2. The van der Waals surface area contributed by atoms with Gasteiger partial charge in [-0.3, -0.25) is 0 Å². The normalized spacial score (nSPS) is 11.2. The van der Waals surface area contributed by atoms with Crippen molar-refractivity contribution in [1.82, 2.24) is 0 Å². The number of carbonyl (C=O) groups excluding carboxylic acids is 1. The molecule has 9 heteroatoms. The van der Waals surface area contributed by atoms with Gasteiger partial charge in [0.25, 0.3) is 0 Å². The number of esters is 1. The Morgan fingerprint density at radius 1 is 0.900 bits per heavy atom. The molecule has 0 heterocycles. The first-order valence-electron chi connectivity index (χ1n) is 13.0. The summed E-state index contributed by atoms with van der Waals surface area (Å²) in [6.07, 6.45) is 3.86. The molecule has 0 spiro atoms. The zero-order valence-electron chi connectivity index (χ0n) is 22.2. The number of benzene rings is 3. The van der Waals surface area contributed by atoms with Crippen molar-refractivity contribution in [3.8, 4) is 17.6 Å². The van der Waals surface area contributed by atoms with Gasteiger partial charge in [-0.2, -0.15) is 14.0 Å². The van der Waals surface area contributed by atoms with E-state index in [2.05, 4.69) is 6.07 Å². The number of hydrogen-bond donors (Lipinski definition) is 2. The van der Waals surface area contributed by atoms with E-state index < -0.39 is 12.1 Å². The van der Waals surface area contributed by atoms with Crippen LogP contribution in [-0.4, -0.2) is 19.2 Å². The molecule has 0 saturated heterocycles. The van der Waals surface area contributed by atoms with Crippen LogP contribution >= 0.6 is 0 Å². The molecule has 0 bridgehead atoms. The number of anilines is 2. The molecular formula is C31H33F2N3O4. The van der Waals surface area contributed by atoms with E-state index in [-0.39, 0.29) is 17.9 Å². The predicted octanol–water partition coefficient (Wildman–Crippen LogP) is 6.63. The number of ether oxygens (including phenoxy) is 3. The molecule has 0 amide bonds. The van der Waals surface area contributed by atoms with E-state index in [0.717, 1.165) is 31.2 Å². The molecule has 0 aliphatic rings. The van der Waals surface area contributed by atoms with Crippen LogP contribution in [0.4, 0.5) is 20.2 Å². The van der Waals surface area contributed by atoms with E-state index in [4.69, 9.17) is 30.9 Å². The van der Waals surface area contributed by atoms with Crippen molar-refractivity contribution in [2.24, 2.45) is 0 Å². The van der Waals surface area contributed by atoms with Crippen molar-refractivity contribution in [2.75, 3.05) is 24.7 Å². The maximum absolute atomic E-state index is 14.7. The molecule has 0 aliphatic heterocycles. The molecule has 210 valence electrons. The van der Waals surface area contributed by atoms with Gasteiger partial charge in [-0.1, -0.05) is 31.0 Å². The van der Waals surface area contributed by atoms with Crippen molar-refractivity contribution < 1.29 is 27.8 Å². The third-order valence-electron chi connectivity index (χ3n) is 5.97. The fourth-order valence-corrected chi connectivity index (χ4v) is 3.76. The van der Waals surface area contributed by atoms with Crippen LogP contribution in [0.15, 0.2) is 72.8 Å². The largest absolute Gasteiger partial charge is 0.494 e. The summed E-state index contributed by atoms with van der Waals surface area (Å²) >= 11 is 0. The third kappa shape index (κ3) is 9.95. The van der Waals surface area contributed by atoms with E-state index >= 15 is 0 Å². The quantitative estimate of drug-likeness (QED) is 0.0944. The molecule has 40 heavy (non-hydrogen) atoms. The molecule has 0 unspecified atom stereocenters. The second-order valence-corrected chi connectivity index (χ2v) is 9.09. The smallest absolute Gasteiger partial charge is 0.426 e. The van der Waals surface area contributed by atoms with E-state index in [1.165, 1.54) is 48.6 Å². The van der Waals surface area contributed by atoms with Crippen LogP contribution in [0.25, 0.3) is 6.08 Å². The van der Waals surface area contributed by atoms with E-state index in [9.17, 15) is 13.6 Å². The predicted molar refractivity (Wildman–Crippen MR) is 151 cm³/mol. The van der Waals surface area contributed by atoms with Crippen LogP contribution in [0.1, 0.15) is 48.8 Å².